The zero-order valence-electron chi connectivity index (χ0n) is 13.3. The molecule has 0 aromatic heterocycles. The molecule has 0 radical (unpaired) electrons. The second kappa shape index (κ2) is 8.48. The lowest BCUT2D eigenvalue weighted by Crippen LogP contribution is -2.12. The summed E-state index contributed by atoms with van der Waals surface area (Å²) in [6.07, 6.45) is 1.39. The number of nitriles is 1. The fraction of sp³-hybridized carbons (Fsp3) is 0.111. The molecule has 7 heteroatoms. The van der Waals surface area contributed by atoms with E-state index in [0.717, 1.165) is 9.13 Å². The Hall–Kier alpha value is -2.60. The van der Waals surface area contributed by atoms with E-state index >= 15 is 0 Å². The molecule has 0 saturated heterocycles. The van der Waals surface area contributed by atoms with Gasteiger partial charge in [0.25, 0.3) is 5.91 Å². The number of nitrogens with two attached hydrogens (primary N) is 1. The number of nitrogens with zero attached hydrogens (tertiary/aromatic N) is 1. The number of carbonyl (C=O) groups is 1. The van der Waals surface area contributed by atoms with Gasteiger partial charge in [-0.05, 0) is 64.1 Å². The Morgan fingerprint density at radius 2 is 2.04 bits per heavy atom. The monoisotopic (exact) mass is 452 g/mol. The number of amides is 1. The Morgan fingerprint density at radius 1 is 1.36 bits per heavy atom. The summed E-state index contributed by atoms with van der Waals surface area (Å²) < 4.78 is 24.8. The van der Waals surface area contributed by atoms with Crippen molar-refractivity contribution in [2.75, 3.05) is 7.11 Å². The summed E-state index contributed by atoms with van der Waals surface area (Å²) in [6, 6.07) is 11.1. The summed E-state index contributed by atoms with van der Waals surface area (Å²) in [5.74, 6) is -0.146. The third-order valence-corrected chi connectivity index (χ3v) is 4.05. The fourth-order valence-corrected chi connectivity index (χ4v) is 2.81. The Kier molecular flexibility index (Phi) is 6.36. The number of ether oxygens (including phenoxy) is 2. The molecule has 0 atom stereocenters. The first kappa shape index (κ1) is 18.7. The predicted molar refractivity (Wildman–Crippen MR) is 99.2 cm³/mol. The average molecular weight is 452 g/mol. The first-order valence-corrected chi connectivity index (χ1v) is 8.19. The number of methoxy groups -OCH3 is 1. The van der Waals surface area contributed by atoms with Gasteiger partial charge < -0.3 is 15.2 Å². The lowest BCUT2D eigenvalue weighted by atomic mass is 10.1. The van der Waals surface area contributed by atoms with Gasteiger partial charge in [-0.15, -0.1) is 0 Å². The highest BCUT2D eigenvalue weighted by atomic mass is 127. The van der Waals surface area contributed by atoms with Crippen LogP contribution in [0.25, 0.3) is 6.08 Å². The van der Waals surface area contributed by atoms with Crippen LogP contribution in [0.15, 0.2) is 42.0 Å². The van der Waals surface area contributed by atoms with Crippen molar-refractivity contribution in [1.29, 1.82) is 5.26 Å². The number of hydrogen-bond donors (Lipinski definition) is 1. The molecule has 0 saturated carbocycles. The Morgan fingerprint density at radius 3 is 2.60 bits per heavy atom. The van der Waals surface area contributed by atoms with Crippen LogP contribution >= 0.6 is 22.6 Å². The SMILES string of the molecule is COc1cc(C=C(C#N)C(N)=O)cc(I)c1OCc1ccc(F)cc1. The van der Waals surface area contributed by atoms with E-state index in [1.165, 1.54) is 25.3 Å². The maximum Gasteiger partial charge on any atom is 0.259 e. The molecule has 0 heterocycles. The minimum absolute atomic E-state index is 0.155. The van der Waals surface area contributed by atoms with Crippen molar-refractivity contribution in [3.8, 4) is 17.6 Å². The minimum Gasteiger partial charge on any atom is -0.493 e. The standard InChI is InChI=1S/C18H14FIN2O3/c1-24-16-8-12(6-13(9-21)18(22)23)7-15(20)17(16)25-10-11-2-4-14(19)5-3-11/h2-8H,10H2,1H3,(H2,22,23). The second-order valence-electron chi connectivity index (χ2n) is 4.98. The molecule has 0 spiro atoms. The van der Waals surface area contributed by atoms with Crippen LogP contribution in [-0.4, -0.2) is 13.0 Å². The molecule has 2 aromatic carbocycles. The van der Waals surface area contributed by atoms with Crippen molar-refractivity contribution in [3.63, 3.8) is 0 Å². The van der Waals surface area contributed by atoms with E-state index in [0.29, 0.717) is 17.1 Å². The fourth-order valence-electron chi connectivity index (χ4n) is 2.02. The number of rotatable bonds is 6. The van der Waals surface area contributed by atoms with Gasteiger partial charge in [0.15, 0.2) is 11.5 Å². The Labute approximate surface area is 158 Å². The van der Waals surface area contributed by atoms with Gasteiger partial charge in [0.05, 0.1) is 10.7 Å². The van der Waals surface area contributed by atoms with E-state index in [1.807, 2.05) is 0 Å². The van der Waals surface area contributed by atoms with Crippen molar-refractivity contribution in [2.45, 2.75) is 6.61 Å². The summed E-state index contributed by atoms with van der Waals surface area (Å²) in [4.78, 5) is 11.2. The zero-order chi connectivity index (χ0) is 18.4. The van der Waals surface area contributed by atoms with Gasteiger partial charge in [-0.1, -0.05) is 12.1 Å². The Bertz CT molecular complexity index is 858. The maximum absolute atomic E-state index is 12.9. The molecule has 0 bridgehead atoms. The lowest BCUT2D eigenvalue weighted by molar-refractivity contribution is -0.114. The van der Waals surface area contributed by atoms with Crippen LogP contribution in [0, 0.1) is 20.7 Å². The van der Waals surface area contributed by atoms with Gasteiger partial charge >= 0.3 is 0 Å². The van der Waals surface area contributed by atoms with E-state index in [9.17, 15) is 9.18 Å². The largest absolute Gasteiger partial charge is 0.493 e. The maximum atomic E-state index is 12.9. The second-order valence-corrected chi connectivity index (χ2v) is 6.15. The van der Waals surface area contributed by atoms with Crippen LogP contribution in [0.1, 0.15) is 11.1 Å². The average Bonchev–Trinajstić information content (AvgIpc) is 2.59. The molecule has 128 valence electrons. The van der Waals surface area contributed by atoms with E-state index in [1.54, 1.807) is 30.3 Å². The van der Waals surface area contributed by atoms with Crippen LogP contribution in [0.3, 0.4) is 0 Å². The molecule has 2 rings (SSSR count). The van der Waals surface area contributed by atoms with Gasteiger partial charge in [0.1, 0.15) is 24.1 Å². The molecule has 0 unspecified atom stereocenters. The zero-order valence-corrected chi connectivity index (χ0v) is 15.4. The molecule has 0 aliphatic carbocycles. The predicted octanol–water partition coefficient (Wildman–Crippen LogP) is 3.41. The van der Waals surface area contributed by atoms with Crippen LogP contribution in [0.2, 0.25) is 0 Å². The first-order chi connectivity index (χ1) is 11.9. The topological polar surface area (TPSA) is 85.3 Å². The smallest absolute Gasteiger partial charge is 0.259 e. The summed E-state index contributed by atoms with van der Waals surface area (Å²) in [7, 11) is 1.49. The quantitative estimate of drug-likeness (QED) is 0.414. The highest BCUT2D eigenvalue weighted by molar-refractivity contribution is 14.1. The summed E-state index contributed by atoms with van der Waals surface area (Å²) in [6.45, 7) is 0.243. The van der Waals surface area contributed by atoms with Crippen LogP contribution in [0.4, 0.5) is 4.39 Å². The summed E-state index contributed by atoms with van der Waals surface area (Å²) >= 11 is 2.07. The highest BCUT2D eigenvalue weighted by Gasteiger charge is 2.13. The normalized spacial score (nSPS) is 10.9. The van der Waals surface area contributed by atoms with E-state index < -0.39 is 5.91 Å². The summed E-state index contributed by atoms with van der Waals surface area (Å²) in [5.41, 5.74) is 6.38. The highest BCUT2D eigenvalue weighted by Crippen LogP contribution is 2.35. The van der Waals surface area contributed by atoms with Crippen molar-refractivity contribution >= 4 is 34.6 Å². The number of halogens is 2. The van der Waals surface area contributed by atoms with Crippen LogP contribution < -0.4 is 15.2 Å². The molecule has 0 aliphatic heterocycles. The van der Waals surface area contributed by atoms with E-state index in [2.05, 4.69) is 22.6 Å². The van der Waals surface area contributed by atoms with Gasteiger partial charge in [0, 0.05) is 0 Å². The molecule has 25 heavy (non-hydrogen) atoms. The number of primary amides is 1. The molecule has 0 fully saturated rings. The molecule has 5 nitrogen and oxygen atoms in total. The van der Waals surface area contributed by atoms with Crippen molar-refractivity contribution in [2.24, 2.45) is 5.73 Å². The van der Waals surface area contributed by atoms with Gasteiger partial charge in [-0.2, -0.15) is 5.26 Å². The molecule has 1 amide bonds. The van der Waals surface area contributed by atoms with Crippen molar-refractivity contribution in [1.82, 2.24) is 0 Å². The van der Waals surface area contributed by atoms with Crippen molar-refractivity contribution < 1.29 is 18.7 Å². The third kappa shape index (κ3) is 4.93. The molecular weight excluding hydrogens is 438 g/mol. The van der Waals surface area contributed by atoms with Gasteiger partial charge in [0.2, 0.25) is 0 Å². The molecular formula is C18H14FIN2O3. The first-order valence-electron chi connectivity index (χ1n) is 7.11. The molecule has 2 N–H and O–H groups in total. The Balaban J connectivity index is 2.29. The third-order valence-electron chi connectivity index (χ3n) is 3.25. The molecule has 2 aromatic rings. The van der Waals surface area contributed by atoms with Crippen LogP contribution in [-0.2, 0) is 11.4 Å². The summed E-state index contributed by atoms with van der Waals surface area (Å²) in [5, 5.41) is 8.93. The van der Waals surface area contributed by atoms with Crippen molar-refractivity contribution in [3.05, 3.63) is 62.5 Å². The van der Waals surface area contributed by atoms with E-state index in [4.69, 9.17) is 20.5 Å². The number of carbonyl (C=O) groups excluding carboxylic acids is 1. The lowest BCUT2D eigenvalue weighted by Gasteiger charge is -2.14. The van der Waals surface area contributed by atoms with Crippen LogP contribution in [0.5, 0.6) is 11.5 Å². The number of benzene rings is 2. The molecule has 0 aliphatic rings. The number of hydrogen-bond acceptors (Lipinski definition) is 4. The minimum atomic E-state index is -0.798. The van der Waals surface area contributed by atoms with E-state index in [-0.39, 0.29) is 18.0 Å². The van der Waals surface area contributed by atoms with Gasteiger partial charge in [-0.3, -0.25) is 4.79 Å². The van der Waals surface area contributed by atoms with Gasteiger partial charge in [-0.25, -0.2) is 4.39 Å².